The topological polar surface area (TPSA) is 62.2 Å². The van der Waals surface area contributed by atoms with E-state index in [2.05, 4.69) is 5.10 Å². The van der Waals surface area contributed by atoms with E-state index in [-0.39, 0.29) is 42.0 Å². The van der Waals surface area contributed by atoms with Crippen LogP contribution in [0.2, 0.25) is 0 Å². The van der Waals surface area contributed by atoms with Gasteiger partial charge in [0.15, 0.2) is 0 Å². The summed E-state index contributed by atoms with van der Waals surface area (Å²) in [7, 11) is 0. The number of piperidine rings is 1. The van der Waals surface area contributed by atoms with Gasteiger partial charge < -0.3 is 4.74 Å². The second kappa shape index (κ2) is 10.2. The largest absolute Gasteiger partial charge is 0.466 e. The highest BCUT2D eigenvalue weighted by atomic mass is 19.1. The zero-order valence-electron chi connectivity index (χ0n) is 18.5. The Morgan fingerprint density at radius 3 is 2.21 bits per heavy atom. The predicted molar refractivity (Wildman–Crippen MR) is 119 cm³/mol. The number of hydrazone groups is 1. The van der Waals surface area contributed by atoms with Gasteiger partial charge in [-0.3, -0.25) is 14.5 Å². The minimum atomic E-state index is -0.366. The summed E-state index contributed by atoms with van der Waals surface area (Å²) in [5.41, 5.74) is 2.21. The lowest BCUT2D eigenvalue weighted by Gasteiger charge is -2.31. The zero-order valence-corrected chi connectivity index (χ0v) is 18.5. The van der Waals surface area contributed by atoms with Gasteiger partial charge in [-0.25, -0.2) is 13.8 Å². The Kier molecular flexibility index (Phi) is 7.13. The van der Waals surface area contributed by atoms with Crippen LogP contribution in [0.3, 0.4) is 0 Å². The van der Waals surface area contributed by atoms with Crippen molar-refractivity contribution in [2.45, 2.75) is 32.2 Å². The lowest BCUT2D eigenvalue weighted by Crippen LogP contribution is -2.43. The quantitative estimate of drug-likeness (QED) is 0.620. The van der Waals surface area contributed by atoms with Crippen LogP contribution in [0.1, 0.15) is 43.4 Å². The number of hydrogen-bond donors (Lipinski definition) is 0. The highest BCUT2D eigenvalue weighted by Crippen LogP contribution is 2.33. The second-order valence-electron chi connectivity index (χ2n) is 8.37. The summed E-state index contributed by atoms with van der Waals surface area (Å²) in [5, 5.41) is 6.05. The van der Waals surface area contributed by atoms with Crippen LogP contribution >= 0.6 is 0 Å². The van der Waals surface area contributed by atoms with E-state index in [1.807, 2.05) is 4.90 Å². The number of hydrogen-bond acceptors (Lipinski definition) is 5. The molecule has 4 rings (SSSR count). The maximum Gasteiger partial charge on any atom is 0.309 e. The van der Waals surface area contributed by atoms with Crippen molar-refractivity contribution in [3.05, 3.63) is 71.3 Å². The van der Waals surface area contributed by atoms with Crippen molar-refractivity contribution in [3.63, 3.8) is 0 Å². The van der Waals surface area contributed by atoms with Gasteiger partial charge in [0.2, 0.25) is 0 Å². The standard InChI is InChI=1S/C25H27F2N3O3/c1-2-33-25(32)19-11-13-29(14-12-19)16-24(31)30-23(18-5-9-21(27)10-6-18)15-22(28-30)17-3-7-20(26)8-4-17/h3-10,19,23H,2,11-16H2,1H3/t23-/m1/s1. The molecule has 6 nitrogen and oxygen atoms in total. The van der Waals surface area contributed by atoms with E-state index in [0.29, 0.717) is 44.7 Å². The summed E-state index contributed by atoms with van der Waals surface area (Å²) in [4.78, 5) is 27.3. The maximum absolute atomic E-state index is 13.5. The van der Waals surface area contributed by atoms with Crippen molar-refractivity contribution >= 4 is 17.6 Å². The molecule has 33 heavy (non-hydrogen) atoms. The Bertz CT molecular complexity index is 1020. The molecule has 0 unspecified atom stereocenters. The van der Waals surface area contributed by atoms with Crippen LogP contribution < -0.4 is 0 Å². The first kappa shape index (κ1) is 23.0. The predicted octanol–water partition coefficient (Wildman–Crippen LogP) is 3.92. The molecule has 8 heteroatoms. The molecule has 1 saturated heterocycles. The molecule has 0 aliphatic carbocycles. The van der Waals surface area contributed by atoms with Crippen LogP contribution in [0.5, 0.6) is 0 Å². The average molecular weight is 456 g/mol. The van der Waals surface area contributed by atoms with Crippen molar-refractivity contribution in [1.82, 2.24) is 9.91 Å². The SMILES string of the molecule is CCOC(=O)C1CCN(CC(=O)N2N=C(c3ccc(F)cc3)C[C@@H]2c2ccc(F)cc2)CC1. The minimum Gasteiger partial charge on any atom is -0.466 e. The lowest BCUT2D eigenvalue weighted by atomic mass is 9.97. The van der Waals surface area contributed by atoms with Crippen molar-refractivity contribution < 1.29 is 23.1 Å². The number of carbonyl (C=O) groups excluding carboxylic acids is 2. The van der Waals surface area contributed by atoms with Crippen molar-refractivity contribution in [1.29, 1.82) is 0 Å². The number of rotatable bonds is 6. The van der Waals surface area contributed by atoms with Crippen LogP contribution in [-0.2, 0) is 14.3 Å². The van der Waals surface area contributed by atoms with Crippen molar-refractivity contribution in [3.8, 4) is 0 Å². The van der Waals surface area contributed by atoms with E-state index in [9.17, 15) is 18.4 Å². The number of esters is 1. The summed E-state index contributed by atoms with van der Waals surface area (Å²) < 4.78 is 31.9. The highest BCUT2D eigenvalue weighted by Gasteiger charge is 2.35. The molecule has 1 amide bonds. The molecule has 1 atom stereocenters. The van der Waals surface area contributed by atoms with Crippen LogP contribution in [-0.4, -0.2) is 53.7 Å². The minimum absolute atomic E-state index is 0.127. The third-order valence-electron chi connectivity index (χ3n) is 6.16. The van der Waals surface area contributed by atoms with Crippen LogP contribution in [0.4, 0.5) is 8.78 Å². The number of nitrogens with zero attached hydrogens (tertiary/aromatic N) is 3. The van der Waals surface area contributed by atoms with Gasteiger partial charge in [0, 0.05) is 6.42 Å². The molecule has 0 spiro atoms. The summed E-state index contributed by atoms with van der Waals surface area (Å²) in [5.74, 6) is -1.16. The van der Waals surface area contributed by atoms with Crippen LogP contribution in [0.25, 0.3) is 0 Å². The monoisotopic (exact) mass is 455 g/mol. The summed E-state index contributed by atoms with van der Waals surface area (Å²) in [6, 6.07) is 11.7. The molecule has 0 N–H and O–H groups in total. The Balaban J connectivity index is 1.48. The first-order valence-electron chi connectivity index (χ1n) is 11.2. The van der Waals surface area contributed by atoms with Gasteiger partial charge >= 0.3 is 5.97 Å². The maximum atomic E-state index is 13.5. The first-order chi connectivity index (χ1) is 15.9. The van der Waals surface area contributed by atoms with E-state index in [1.165, 1.54) is 29.3 Å². The van der Waals surface area contributed by atoms with E-state index in [1.54, 1.807) is 31.2 Å². The van der Waals surface area contributed by atoms with Gasteiger partial charge in [-0.2, -0.15) is 5.10 Å². The van der Waals surface area contributed by atoms with E-state index < -0.39 is 0 Å². The van der Waals surface area contributed by atoms with Gasteiger partial charge in [0.05, 0.1) is 30.8 Å². The van der Waals surface area contributed by atoms with E-state index in [0.717, 1.165) is 11.1 Å². The molecule has 174 valence electrons. The Hall–Kier alpha value is -3.13. The Labute approximate surface area is 191 Å². The molecule has 2 aliphatic heterocycles. The molecular formula is C25H27F2N3O3. The molecule has 0 radical (unpaired) electrons. The second-order valence-corrected chi connectivity index (χ2v) is 8.37. The fraction of sp³-hybridized carbons (Fsp3) is 0.400. The third-order valence-corrected chi connectivity index (χ3v) is 6.16. The van der Waals surface area contributed by atoms with E-state index in [4.69, 9.17) is 4.74 Å². The molecule has 2 aromatic carbocycles. The number of carbonyl (C=O) groups is 2. The van der Waals surface area contributed by atoms with Crippen LogP contribution in [0.15, 0.2) is 53.6 Å². The van der Waals surface area contributed by atoms with Gasteiger partial charge in [-0.05, 0) is 68.2 Å². The lowest BCUT2D eigenvalue weighted by molar-refractivity contribution is -0.149. The summed E-state index contributed by atoms with van der Waals surface area (Å²) >= 11 is 0. The molecule has 2 aliphatic rings. The number of amides is 1. The van der Waals surface area contributed by atoms with Gasteiger partial charge in [-0.1, -0.05) is 24.3 Å². The smallest absolute Gasteiger partial charge is 0.309 e. The number of benzene rings is 2. The molecule has 0 saturated carbocycles. The Morgan fingerprint density at radius 1 is 1.00 bits per heavy atom. The molecule has 1 fully saturated rings. The normalized spacial score (nSPS) is 19.4. The first-order valence-corrected chi connectivity index (χ1v) is 11.2. The van der Waals surface area contributed by atoms with Gasteiger partial charge in [0.1, 0.15) is 11.6 Å². The number of halogens is 2. The number of likely N-dealkylation sites (tertiary alicyclic amines) is 1. The fourth-order valence-electron chi connectivity index (χ4n) is 4.35. The number of ether oxygens (including phenoxy) is 1. The highest BCUT2D eigenvalue weighted by molar-refractivity contribution is 6.03. The average Bonchev–Trinajstić information content (AvgIpc) is 3.26. The molecule has 0 aromatic heterocycles. The van der Waals surface area contributed by atoms with Gasteiger partial charge in [-0.15, -0.1) is 0 Å². The Morgan fingerprint density at radius 2 is 1.61 bits per heavy atom. The summed E-state index contributed by atoms with van der Waals surface area (Å²) in [6.45, 7) is 3.58. The van der Waals surface area contributed by atoms with Crippen molar-refractivity contribution in [2.75, 3.05) is 26.2 Å². The molecule has 2 heterocycles. The molecule has 0 bridgehead atoms. The summed E-state index contributed by atoms with van der Waals surface area (Å²) in [6.07, 6.45) is 1.75. The van der Waals surface area contributed by atoms with Crippen LogP contribution in [0, 0.1) is 17.6 Å². The van der Waals surface area contributed by atoms with Crippen molar-refractivity contribution in [2.24, 2.45) is 11.0 Å². The fourth-order valence-corrected chi connectivity index (χ4v) is 4.35. The molecule has 2 aromatic rings. The zero-order chi connectivity index (χ0) is 23.4. The van der Waals surface area contributed by atoms with Gasteiger partial charge in [0.25, 0.3) is 5.91 Å². The molecular weight excluding hydrogens is 428 g/mol. The van der Waals surface area contributed by atoms with E-state index >= 15 is 0 Å². The third kappa shape index (κ3) is 5.45.